The van der Waals surface area contributed by atoms with Gasteiger partial charge in [-0.15, -0.1) is 0 Å². The highest BCUT2D eigenvalue weighted by Crippen LogP contribution is 2.24. The van der Waals surface area contributed by atoms with E-state index in [0.717, 1.165) is 32.0 Å². The monoisotopic (exact) mass is 298 g/mol. The van der Waals surface area contributed by atoms with Crippen LogP contribution in [0.15, 0.2) is 4.99 Å². The molecule has 1 atom stereocenters. The molecule has 1 aliphatic heterocycles. The van der Waals surface area contributed by atoms with E-state index in [1.54, 1.807) is 0 Å². The molecule has 1 rings (SSSR count). The van der Waals surface area contributed by atoms with Gasteiger partial charge in [0.2, 0.25) is 5.91 Å². The number of guanidine groups is 1. The van der Waals surface area contributed by atoms with Crippen LogP contribution in [0.5, 0.6) is 0 Å². The van der Waals surface area contributed by atoms with Gasteiger partial charge < -0.3 is 20.7 Å². The van der Waals surface area contributed by atoms with Crippen molar-refractivity contribution in [1.82, 2.24) is 16.0 Å². The summed E-state index contributed by atoms with van der Waals surface area (Å²) in [5.74, 6) is 0.797. The number of carbonyl (C=O) groups is 1. The Morgan fingerprint density at radius 1 is 1.38 bits per heavy atom. The Bertz CT molecular complexity index is 350. The lowest BCUT2D eigenvalue weighted by Gasteiger charge is -2.21. The van der Waals surface area contributed by atoms with Crippen LogP contribution in [0.25, 0.3) is 0 Å². The third-order valence-corrected chi connectivity index (χ3v) is 3.31. The molecule has 1 saturated heterocycles. The topological polar surface area (TPSA) is 74.8 Å². The molecular formula is C15H30N4O2. The first-order valence-corrected chi connectivity index (χ1v) is 7.91. The van der Waals surface area contributed by atoms with Crippen LogP contribution < -0.4 is 16.0 Å². The second-order valence-electron chi connectivity index (χ2n) is 6.00. The first kappa shape index (κ1) is 17.8. The highest BCUT2D eigenvalue weighted by atomic mass is 16.5. The molecule has 1 amide bonds. The van der Waals surface area contributed by atoms with Crippen LogP contribution >= 0.6 is 0 Å². The van der Waals surface area contributed by atoms with Crippen molar-refractivity contribution < 1.29 is 9.53 Å². The van der Waals surface area contributed by atoms with Crippen molar-refractivity contribution in [3.05, 3.63) is 0 Å². The van der Waals surface area contributed by atoms with Crippen LogP contribution in [0.3, 0.4) is 0 Å². The molecule has 122 valence electrons. The summed E-state index contributed by atoms with van der Waals surface area (Å²) in [6, 6.07) is 0.180. The van der Waals surface area contributed by atoms with E-state index in [0.29, 0.717) is 19.5 Å². The molecule has 0 aromatic carbocycles. The maximum atomic E-state index is 11.6. The Morgan fingerprint density at radius 2 is 2.14 bits per heavy atom. The fourth-order valence-electron chi connectivity index (χ4n) is 2.24. The van der Waals surface area contributed by atoms with Crippen molar-refractivity contribution in [1.29, 1.82) is 0 Å². The minimum absolute atomic E-state index is 0.0550. The number of carbonyl (C=O) groups excluding carboxylic acids is 1. The molecule has 0 aromatic heterocycles. The average Bonchev–Trinajstić information content (AvgIpc) is 2.82. The number of ether oxygens (including phenoxy) is 1. The SMILES string of the molecule is CCNC(=NCC1(C)CCCO1)NCCC(=O)NC(C)C. The lowest BCUT2D eigenvalue weighted by molar-refractivity contribution is -0.121. The van der Waals surface area contributed by atoms with E-state index in [9.17, 15) is 4.79 Å². The van der Waals surface area contributed by atoms with E-state index >= 15 is 0 Å². The first-order valence-electron chi connectivity index (χ1n) is 7.91. The van der Waals surface area contributed by atoms with Crippen molar-refractivity contribution in [2.75, 3.05) is 26.2 Å². The number of rotatable bonds is 7. The highest BCUT2D eigenvalue weighted by Gasteiger charge is 2.29. The Balaban J connectivity index is 2.36. The lowest BCUT2D eigenvalue weighted by atomic mass is 10.0. The van der Waals surface area contributed by atoms with Crippen LogP contribution in [0.2, 0.25) is 0 Å². The molecule has 1 fully saturated rings. The zero-order valence-corrected chi connectivity index (χ0v) is 13.8. The third kappa shape index (κ3) is 7.32. The van der Waals surface area contributed by atoms with Gasteiger partial charge in [-0.3, -0.25) is 9.79 Å². The van der Waals surface area contributed by atoms with Crippen LogP contribution in [-0.4, -0.2) is 49.8 Å². The summed E-state index contributed by atoms with van der Waals surface area (Å²) in [6.45, 7) is 10.9. The number of nitrogens with one attached hydrogen (secondary N) is 3. The Labute approximate surface area is 128 Å². The summed E-state index contributed by atoms with van der Waals surface area (Å²) >= 11 is 0. The normalized spacial score (nSPS) is 22.4. The standard InChI is InChI=1S/C15H30N4O2/c1-5-16-14(17-9-7-13(20)19-12(2)3)18-11-15(4)8-6-10-21-15/h12H,5-11H2,1-4H3,(H,19,20)(H2,16,17,18). The van der Waals surface area contributed by atoms with Gasteiger partial charge in [0.1, 0.15) is 0 Å². The zero-order chi connectivity index (χ0) is 15.7. The van der Waals surface area contributed by atoms with E-state index < -0.39 is 0 Å². The molecule has 0 aliphatic carbocycles. The molecule has 0 radical (unpaired) electrons. The van der Waals surface area contributed by atoms with E-state index in [4.69, 9.17) is 4.74 Å². The van der Waals surface area contributed by atoms with Crippen molar-refractivity contribution >= 4 is 11.9 Å². The van der Waals surface area contributed by atoms with Crippen molar-refractivity contribution in [3.8, 4) is 0 Å². The zero-order valence-electron chi connectivity index (χ0n) is 13.8. The molecule has 3 N–H and O–H groups in total. The maximum absolute atomic E-state index is 11.6. The molecule has 1 unspecified atom stereocenters. The summed E-state index contributed by atoms with van der Waals surface area (Å²) in [4.78, 5) is 16.1. The van der Waals surface area contributed by atoms with Gasteiger partial charge in [0.15, 0.2) is 5.96 Å². The summed E-state index contributed by atoms with van der Waals surface area (Å²) < 4.78 is 5.73. The van der Waals surface area contributed by atoms with E-state index in [1.807, 2.05) is 20.8 Å². The van der Waals surface area contributed by atoms with Crippen LogP contribution in [0.4, 0.5) is 0 Å². The molecule has 0 saturated carbocycles. The molecule has 6 heteroatoms. The fraction of sp³-hybridized carbons (Fsp3) is 0.867. The summed E-state index contributed by atoms with van der Waals surface area (Å²) in [6.07, 6.45) is 2.59. The number of nitrogens with zero attached hydrogens (tertiary/aromatic N) is 1. The lowest BCUT2D eigenvalue weighted by Crippen LogP contribution is -2.41. The van der Waals surface area contributed by atoms with Gasteiger partial charge in [-0.05, 0) is 40.5 Å². The summed E-state index contributed by atoms with van der Waals surface area (Å²) in [5, 5.41) is 9.25. The molecule has 0 bridgehead atoms. The smallest absolute Gasteiger partial charge is 0.221 e. The van der Waals surface area contributed by atoms with Crippen LogP contribution in [0.1, 0.15) is 47.0 Å². The summed E-state index contributed by atoms with van der Waals surface area (Å²) in [7, 11) is 0. The van der Waals surface area contributed by atoms with Crippen molar-refractivity contribution in [2.45, 2.75) is 58.6 Å². The fourth-order valence-corrected chi connectivity index (χ4v) is 2.24. The van der Waals surface area contributed by atoms with Gasteiger partial charge in [0.05, 0.1) is 12.1 Å². The molecule has 0 aromatic rings. The second kappa shape index (κ2) is 8.87. The van der Waals surface area contributed by atoms with Crippen LogP contribution in [0, 0.1) is 0 Å². The molecule has 1 aliphatic rings. The summed E-state index contributed by atoms with van der Waals surface area (Å²) in [5.41, 5.74) is -0.141. The third-order valence-electron chi connectivity index (χ3n) is 3.31. The quantitative estimate of drug-likeness (QED) is 0.485. The Kier molecular flexibility index (Phi) is 7.50. The van der Waals surface area contributed by atoms with Gasteiger partial charge >= 0.3 is 0 Å². The largest absolute Gasteiger partial charge is 0.373 e. The Hall–Kier alpha value is -1.30. The molecule has 21 heavy (non-hydrogen) atoms. The maximum Gasteiger partial charge on any atom is 0.221 e. The minimum atomic E-state index is -0.141. The number of hydrogen-bond acceptors (Lipinski definition) is 3. The van der Waals surface area contributed by atoms with E-state index in [-0.39, 0.29) is 17.6 Å². The molecule has 6 nitrogen and oxygen atoms in total. The average molecular weight is 298 g/mol. The Morgan fingerprint density at radius 3 is 2.71 bits per heavy atom. The van der Waals surface area contributed by atoms with E-state index in [1.165, 1.54) is 0 Å². The second-order valence-corrected chi connectivity index (χ2v) is 6.00. The van der Waals surface area contributed by atoms with E-state index in [2.05, 4.69) is 27.9 Å². The minimum Gasteiger partial charge on any atom is -0.373 e. The van der Waals surface area contributed by atoms with Crippen molar-refractivity contribution in [2.24, 2.45) is 4.99 Å². The van der Waals surface area contributed by atoms with Gasteiger partial charge in [0, 0.05) is 32.2 Å². The predicted octanol–water partition coefficient (Wildman–Crippen LogP) is 1.03. The highest BCUT2D eigenvalue weighted by molar-refractivity contribution is 5.81. The number of aliphatic imine (C=N–C) groups is 1. The van der Waals surface area contributed by atoms with Crippen LogP contribution in [-0.2, 0) is 9.53 Å². The first-order chi connectivity index (χ1) is 9.95. The van der Waals surface area contributed by atoms with Gasteiger partial charge in [-0.25, -0.2) is 0 Å². The number of amides is 1. The molecule has 1 heterocycles. The van der Waals surface area contributed by atoms with Gasteiger partial charge in [-0.2, -0.15) is 0 Å². The predicted molar refractivity (Wildman–Crippen MR) is 85.5 cm³/mol. The van der Waals surface area contributed by atoms with Gasteiger partial charge in [0.25, 0.3) is 0 Å². The molecular weight excluding hydrogens is 268 g/mol. The number of hydrogen-bond donors (Lipinski definition) is 3. The van der Waals surface area contributed by atoms with Crippen molar-refractivity contribution in [3.63, 3.8) is 0 Å². The molecule has 0 spiro atoms. The van der Waals surface area contributed by atoms with Gasteiger partial charge in [-0.1, -0.05) is 0 Å².